The van der Waals surface area contributed by atoms with E-state index in [0.29, 0.717) is 5.78 Å². The van der Waals surface area contributed by atoms with Crippen molar-refractivity contribution in [3.05, 3.63) is 18.0 Å². The van der Waals surface area contributed by atoms with E-state index < -0.39 is 0 Å². The van der Waals surface area contributed by atoms with Crippen LogP contribution in [0.3, 0.4) is 0 Å². The highest BCUT2D eigenvalue weighted by Gasteiger charge is 2.47. The summed E-state index contributed by atoms with van der Waals surface area (Å²) in [6, 6.07) is 1.92. The second-order valence-electron chi connectivity index (χ2n) is 6.56. The lowest BCUT2D eigenvalue weighted by molar-refractivity contribution is 0.0466. The summed E-state index contributed by atoms with van der Waals surface area (Å²) in [4.78, 5) is 15.8. The predicted octanol–water partition coefficient (Wildman–Crippen LogP) is 3.27. The largest absolute Gasteiger partial charge is 0.291 e. The third-order valence-electron chi connectivity index (χ3n) is 5.20. The van der Waals surface area contributed by atoms with Crippen molar-refractivity contribution in [3.8, 4) is 0 Å². The average Bonchev–Trinajstić information content (AvgIpc) is 3.18. The molecule has 3 rings (SSSR count). The summed E-state index contributed by atoms with van der Waals surface area (Å²) in [5.74, 6) is 0.327. The van der Waals surface area contributed by atoms with E-state index >= 15 is 0 Å². The van der Waals surface area contributed by atoms with Crippen molar-refractivity contribution in [3.63, 3.8) is 0 Å². The van der Waals surface area contributed by atoms with Gasteiger partial charge in [0.25, 0.3) is 0 Å². The van der Waals surface area contributed by atoms with E-state index in [0.717, 1.165) is 44.6 Å². The number of hydrogen-bond acceptors (Lipinski definition) is 3. The molecule has 116 valence electrons. The van der Waals surface area contributed by atoms with Crippen LogP contribution in [0, 0.1) is 0 Å². The van der Waals surface area contributed by atoms with Gasteiger partial charge in [0.2, 0.25) is 5.78 Å². The maximum Gasteiger partial charge on any atom is 0.201 e. The molecule has 4 nitrogen and oxygen atoms in total. The highest BCUT2D eigenvalue weighted by Crippen LogP contribution is 2.39. The molecule has 1 aromatic heterocycles. The molecule has 0 atom stereocenters. The topological polar surface area (TPSA) is 38.1 Å². The normalized spacial score (nSPS) is 22.5. The maximum absolute atomic E-state index is 13.3. The van der Waals surface area contributed by atoms with Gasteiger partial charge in [-0.05, 0) is 51.3 Å². The Kier molecular flexibility index (Phi) is 4.43. The molecule has 1 saturated carbocycles. The first-order valence-corrected chi connectivity index (χ1v) is 8.59. The highest BCUT2D eigenvalue weighted by atomic mass is 16.1. The van der Waals surface area contributed by atoms with Crippen molar-refractivity contribution in [2.75, 3.05) is 13.1 Å². The van der Waals surface area contributed by atoms with Crippen LogP contribution in [-0.2, 0) is 6.54 Å². The summed E-state index contributed by atoms with van der Waals surface area (Å²) in [5.41, 5.74) is 0.593. The van der Waals surface area contributed by atoms with Crippen LogP contribution in [0.2, 0.25) is 0 Å². The zero-order chi connectivity index (χ0) is 14.7. The lowest BCUT2D eigenvalue weighted by Gasteiger charge is -2.42. The van der Waals surface area contributed by atoms with E-state index in [1.807, 2.05) is 10.7 Å². The molecule has 1 aromatic rings. The van der Waals surface area contributed by atoms with Crippen LogP contribution in [-0.4, -0.2) is 39.1 Å². The molecule has 1 saturated heterocycles. The van der Waals surface area contributed by atoms with E-state index in [9.17, 15) is 4.79 Å². The molecular formula is C17H27N3O. The number of piperidine rings is 1. The monoisotopic (exact) mass is 289 g/mol. The number of carbonyl (C=O) groups excluding carboxylic acids is 1. The number of rotatable bonds is 5. The van der Waals surface area contributed by atoms with Gasteiger partial charge in [0.15, 0.2) is 0 Å². The fraction of sp³-hybridized carbons (Fsp3) is 0.765. The van der Waals surface area contributed by atoms with Crippen LogP contribution in [0.1, 0.15) is 68.8 Å². The van der Waals surface area contributed by atoms with E-state index in [2.05, 4.69) is 16.9 Å². The summed E-state index contributed by atoms with van der Waals surface area (Å²) in [7, 11) is 0. The Hall–Kier alpha value is -1.16. The van der Waals surface area contributed by atoms with Gasteiger partial charge in [-0.2, -0.15) is 5.10 Å². The van der Waals surface area contributed by atoms with E-state index in [1.54, 1.807) is 6.20 Å². The van der Waals surface area contributed by atoms with Gasteiger partial charge in [-0.15, -0.1) is 0 Å². The smallest absolute Gasteiger partial charge is 0.201 e. The standard InChI is InChI=1S/C17H27N3O/c1-2-12-20-15(8-11-18-20)16(21)17(9-4-5-10-17)19-13-6-3-7-14-19/h8,11H,2-7,9-10,12-14H2,1H3. The molecule has 2 fully saturated rings. The fourth-order valence-electron chi connectivity index (χ4n) is 4.12. The molecule has 2 aliphatic rings. The minimum atomic E-state index is -0.230. The van der Waals surface area contributed by atoms with Gasteiger partial charge in [-0.25, -0.2) is 0 Å². The van der Waals surface area contributed by atoms with Crippen LogP contribution in [0.15, 0.2) is 12.3 Å². The second kappa shape index (κ2) is 6.30. The molecule has 4 heteroatoms. The molecule has 0 aromatic carbocycles. The molecule has 0 amide bonds. The van der Waals surface area contributed by atoms with Crippen molar-refractivity contribution >= 4 is 5.78 Å². The zero-order valence-electron chi connectivity index (χ0n) is 13.2. The van der Waals surface area contributed by atoms with Gasteiger partial charge in [0, 0.05) is 12.7 Å². The predicted molar refractivity (Wildman–Crippen MR) is 83.5 cm³/mol. The lowest BCUT2D eigenvalue weighted by atomic mass is 9.86. The Balaban J connectivity index is 1.89. The number of aryl methyl sites for hydroxylation is 1. The SMILES string of the molecule is CCCn1nccc1C(=O)C1(N2CCCCC2)CCCC1. The van der Waals surface area contributed by atoms with Crippen molar-refractivity contribution in [1.82, 2.24) is 14.7 Å². The highest BCUT2D eigenvalue weighted by molar-refractivity contribution is 6.02. The molecule has 1 aliphatic heterocycles. The first-order valence-electron chi connectivity index (χ1n) is 8.59. The number of aromatic nitrogens is 2. The Morgan fingerprint density at radius 2 is 1.90 bits per heavy atom. The van der Waals surface area contributed by atoms with Crippen LogP contribution < -0.4 is 0 Å². The van der Waals surface area contributed by atoms with Gasteiger partial charge in [0.1, 0.15) is 5.69 Å². The van der Waals surface area contributed by atoms with Crippen LogP contribution in [0.4, 0.5) is 0 Å². The summed E-state index contributed by atoms with van der Waals surface area (Å²) < 4.78 is 1.91. The molecule has 1 aliphatic carbocycles. The summed E-state index contributed by atoms with van der Waals surface area (Å²) in [6.07, 6.45) is 11.0. The second-order valence-corrected chi connectivity index (χ2v) is 6.56. The lowest BCUT2D eigenvalue weighted by Crippen LogP contribution is -2.55. The number of hydrogen-bond donors (Lipinski definition) is 0. The van der Waals surface area contributed by atoms with Gasteiger partial charge in [-0.3, -0.25) is 14.4 Å². The third kappa shape index (κ3) is 2.66. The van der Waals surface area contributed by atoms with Gasteiger partial charge in [-0.1, -0.05) is 26.2 Å². The van der Waals surface area contributed by atoms with Crippen molar-refractivity contribution in [1.29, 1.82) is 0 Å². The first kappa shape index (κ1) is 14.8. The maximum atomic E-state index is 13.3. The van der Waals surface area contributed by atoms with Crippen LogP contribution in [0.5, 0.6) is 0 Å². The minimum absolute atomic E-state index is 0.230. The van der Waals surface area contributed by atoms with Crippen LogP contribution in [0.25, 0.3) is 0 Å². The fourth-order valence-corrected chi connectivity index (χ4v) is 4.12. The Morgan fingerprint density at radius 3 is 2.57 bits per heavy atom. The summed E-state index contributed by atoms with van der Waals surface area (Å²) >= 11 is 0. The summed E-state index contributed by atoms with van der Waals surface area (Å²) in [6.45, 7) is 5.15. The Labute approximate surface area is 127 Å². The van der Waals surface area contributed by atoms with Gasteiger partial charge in [0.05, 0.1) is 5.54 Å². The van der Waals surface area contributed by atoms with E-state index in [4.69, 9.17) is 0 Å². The Morgan fingerprint density at radius 1 is 1.19 bits per heavy atom. The molecule has 0 spiro atoms. The molecular weight excluding hydrogens is 262 g/mol. The molecule has 21 heavy (non-hydrogen) atoms. The van der Waals surface area contributed by atoms with E-state index in [-0.39, 0.29) is 5.54 Å². The minimum Gasteiger partial charge on any atom is -0.291 e. The van der Waals surface area contributed by atoms with Crippen molar-refractivity contribution in [2.45, 2.75) is 70.4 Å². The molecule has 0 radical (unpaired) electrons. The van der Waals surface area contributed by atoms with Crippen molar-refractivity contribution in [2.24, 2.45) is 0 Å². The number of carbonyl (C=O) groups is 1. The average molecular weight is 289 g/mol. The molecule has 0 N–H and O–H groups in total. The summed E-state index contributed by atoms with van der Waals surface area (Å²) in [5, 5.41) is 4.35. The zero-order valence-corrected chi connectivity index (χ0v) is 13.2. The number of nitrogens with zero attached hydrogens (tertiary/aromatic N) is 3. The van der Waals surface area contributed by atoms with E-state index in [1.165, 1.54) is 32.1 Å². The molecule has 2 heterocycles. The number of Topliss-reactive ketones (excluding diaryl/α,β-unsaturated/α-hetero) is 1. The number of likely N-dealkylation sites (tertiary alicyclic amines) is 1. The van der Waals surface area contributed by atoms with Crippen LogP contribution >= 0.6 is 0 Å². The first-order chi connectivity index (χ1) is 10.3. The Bertz CT molecular complexity index is 482. The molecule has 0 unspecified atom stereocenters. The third-order valence-corrected chi connectivity index (χ3v) is 5.20. The van der Waals surface area contributed by atoms with Gasteiger partial charge >= 0.3 is 0 Å². The molecule has 0 bridgehead atoms. The number of ketones is 1. The van der Waals surface area contributed by atoms with Crippen molar-refractivity contribution < 1.29 is 4.79 Å². The van der Waals surface area contributed by atoms with Gasteiger partial charge < -0.3 is 0 Å². The quantitative estimate of drug-likeness (QED) is 0.781.